The number of hydrogen-bond donors (Lipinski definition) is 0. The second-order valence-corrected chi connectivity index (χ2v) is 1.23. The molecule has 0 saturated heterocycles. The van der Waals surface area contributed by atoms with Gasteiger partial charge in [-0.05, 0) is 0 Å². The van der Waals surface area contributed by atoms with Gasteiger partial charge >= 0.3 is 0 Å². The predicted molar refractivity (Wildman–Crippen MR) is 25.9 cm³/mol. The van der Waals surface area contributed by atoms with E-state index < -0.39 is 0 Å². The van der Waals surface area contributed by atoms with Crippen LogP contribution in [0, 0.1) is 6.08 Å². The number of aliphatic imine (C=N–C) groups is 1. The fourth-order valence-corrected chi connectivity index (χ4v) is 0.357. The summed E-state index contributed by atoms with van der Waals surface area (Å²) in [6.45, 7) is 0. The predicted octanol–water partition coefficient (Wildman–Crippen LogP) is 0.347. The molecule has 35 valence electrons. The molecule has 0 aromatic rings. The van der Waals surface area contributed by atoms with Crippen LogP contribution in [0.3, 0.4) is 0 Å². The Kier molecular flexibility index (Phi) is 1.02. The first kappa shape index (κ1) is 4.24. The van der Waals surface area contributed by atoms with E-state index in [1.165, 1.54) is 6.20 Å². The smallest absolute Gasteiger partial charge is 0.170 e. The second kappa shape index (κ2) is 1.69. The van der Waals surface area contributed by atoms with Crippen molar-refractivity contribution in [2.45, 2.75) is 6.42 Å². The van der Waals surface area contributed by atoms with Crippen LogP contribution < -0.4 is 0 Å². The lowest BCUT2D eigenvalue weighted by molar-refractivity contribution is -0.114. The van der Waals surface area contributed by atoms with E-state index in [4.69, 9.17) is 0 Å². The Morgan fingerprint density at radius 2 is 2.71 bits per heavy atom. The number of ketones is 1. The molecule has 0 aliphatic carbocycles. The van der Waals surface area contributed by atoms with E-state index in [0.717, 1.165) is 0 Å². The SMILES string of the molecule is O=C1[C]=CN=CC1. The van der Waals surface area contributed by atoms with Crippen LogP contribution in [-0.2, 0) is 4.79 Å². The van der Waals surface area contributed by atoms with E-state index >= 15 is 0 Å². The summed E-state index contributed by atoms with van der Waals surface area (Å²) in [5.41, 5.74) is 0. The molecular weight excluding hydrogens is 90.1 g/mol. The lowest BCUT2D eigenvalue weighted by Crippen LogP contribution is -1.96. The van der Waals surface area contributed by atoms with Gasteiger partial charge in [-0.15, -0.1) is 0 Å². The third-order valence-electron chi connectivity index (χ3n) is 0.682. The minimum atomic E-state index is 0.00926. The van der Waals surface area contributed by atoms with Crippen LogP contribution in [0.25, 0.3) is 0 Å². The monoisotopic (exact) mass is 94.0 g/mol. The Balaban J connectivity index is 2.66. The van der Waals surface area contributed by atoms with Crippen molar-refractivity contribution >= 4 is 12.0 Å². The fourth-order valence-electron chi connectivity index (χ4n) is 0.357. The molecule has 0 unspecified atom stereocenters. The van der Waals surface area contributed by atoms with Gasteiger partial charge in [0.25, 0.3) is 0 Å². The first-order valence-corrected chi connectivity index (χ1v) is 2.02. The second-order valence-electron chi connectivity index (χ2n) is 1.23. The van der Waals surface area contributed by atoms with Crippen LogP contribution in [0.1, 0.15) is 6.42 Å². The molecular formula is C5H4NO. The zero-order chi connectivity index (χ0) is 5.11. The number of Topliss-reactive ketones (excluding diaryl/α,β-unsaturated/α-hetero) is 1. The molecule has 1 aliphatic rings. The van der Waals surface area contributed by atoms with Gasteiger partial charge in [0.05, 0.1) is 0 Å². The van der Waals surface area contributed by atoms with Crippen molar-refractivity contribution in [3.8, 4) is 0 Å². The number of allylic oxidation sites excluding steroid dienone is 1. The van der Waals surface area contributed by atoms with Crippen LogP contribution >= 0.6 is 0 Å². The van der Waals surface area contributed by atoms with Crippen LogP contribution in [0.4, 0.5) is 0 Å². The van der Waals surface area contributed by atoms with Crippen LogP contribution in [0.2, 0.25) is 0 Å². The zero-order valence-electron chi connectivity index (χ0n) is 3.72. The molecule has 1 rings (SSSR count). The van der Waals surface area contributed by atoms with E-state index in [2.05, 4.69) is 11.1 Å². The lowest BCUT2D eigenvalue weighted by Gasteiger charge is -1.87. The van der Waals surface area contributed by atoms with Crippen molar-refractivity contribution in [1.29, 1.82) is 0 Å². The molecule has 0 atom stereocenters. The van der Waals surface area contributed by atoms with Gasteiger partial charge < -0.3 is 0 Å². The summed E-state index contributed by atoms with van der Waals surface area (Å²) in [4.78, 5) is 13.9. The largest absolute Gasteiger partial charge is 0.294 e. The summed E-state index contributed by atoms with van der Waals surface area (Å²) in [7, 11) is 0. The molecule has 0 aromatic heterocycles. The minimum absolute atomic E-state index is 0.00926. The number of carbonyl (C=O) groups is 1. The molecule has 1 heterocycles. The summed E-state index contributed by atoms with van der Waals surface area (Å²) in [6.07, 6.45) is 5.78. The highest BCUT2D eigenvalue weighted by atomic mass is 16.1. The van der Waals surface area contributed by atoms with Gasteiger partial charge in [-0.2, -0.15) is 0 Å². The number of nitrogens with zero attached hydrogens (tertiary/aromatic N) is 1. The molecule has 1 aliphatic heterocycles. The molecule has 7 heavy (non-hydrogen) atoms. The van der Waals surface area contributed by atoms with Crippen molar-refractivity contribution in [1.82, 2.24) is 0 Å². The highest BCUT2D eigenvalue weighted by Crippen LogP contribution is 1.87. The first-order chi connectivity index (χ1) is 3.39. The van der Waals surface area contributed by atoms with E-state index in [1.807, 2.05) is 0 Å². The molecule has 0 bridgehead atoms. The maximum Gasteiger partial charge on any atom is 0.170 e. The summed E-state index contributed by atoms with van der Waals surface area (Å²) >= 11 is 0. The standard InChI is InChI=1S/C5H4NO/c7-5-1-3-6-4-2-5/h3-4H,1H2. The summed E-state index contributed by atoms with van der Waals surface area (Å²) < 4.78 is 0. The molecule has 0 fully saturated rings. The van der Waals surface area contributed by atoms with Crippen LogP contribution in [-0.4, -0.2) is 12.0 Å². The Morgan fingerprint density at radius 1 is 1.86 bits per heavy atom. The zero-order valence-corrected chi connectivity index (χ0v) is 3.72. The van der Waals surface area contributed by atoms with E-state index in [9.17, 15) is 4.79 Å². The quantitative estimate of drug-likeness (QED) is 0.425. The molecule has 0 amide bonds. The number of carbonyl (C=O) groups excluding carboxylic acids is 1. The molecule has 2 nitrogen and oxygen atoms in total. The first-order valence-electron chi connectivity index (χ1n) is 2.02. The van der Waals surface area contributed by atoms with Crippen molar-refractivity contribution in [2.75, 3.05) is 0 Å². The maximum atomic E-state index is 10.2. The van der Waals surface area contributed by atoms with Crippen molar-refractivity contribution < 1.29 is 4.79 Å². The van der Waals surface area contributed by atoms with Gasteiger partial charge in [-0.3, -0.25) is 9.79 Å². The highest BCUT2D eigenvalue weighted by molar-refractivity contribution is 5.97. The van der Waals surface area contributed by atoms with Crippen LogP contribution in [0.5, 0.6) is 0 Å². The lowest BCUT2D eigenvalue weighted by atomic mass is 10.3. The van der Waals surface area contributed by atoms with Crippen molar-refractivity contribution in [2.24, 2.45) is 4.99 Å². The minimum Gasteiger partial charge on any atom is -0.294 e. The average molecular weight is 94.1 g/mol. The number of hydrogen-bond acceptors (Lipinski definition) is 2. The molecule has 1 radical (unpaired) electrons. The highest BCUT2D eigenvalue weighted by Gasteiger charge is 1.94. The van der Waals surface area contributed by atoms with Gasteiger partial charge in [0.2, 0.25) is 0 Å². The van der Waals surface area contributed by atoms with E-state index in [-0.39, 0.29) is 5.78 Å². The van der Waals surface area contributed by atoms with Crippen molar-refractivity contribution in [3.05, 3.63) is 12.3 Å². The van der Waals surface area contributed by atoms with Crippen LogP contribution in [0.15, 0.2) is 11.2 Å². The number of rotatable bonds is 0. The maximum absolute atomic E-state index is 10.2. The van der Waals surface area contributed by atoms with Gasteiger partial charge in [0.1, 0.15) is 0 Å². The summed E-state index contributed by atoms with van der Waals surface area (Å²) in [5, 5.41) is 0. The average Bonchev–Trinajstić information content (AvgIpc) is 1.69. The fraction of sp³-hybridized carbons (Fsp3) is 0.200. The van der Waals surface area contributed by atoms with E-state index in [1.54, 1.807) is 6.21 Å². The third-order valence-corrected chi connectivity index (χ3v) is 0.682. The molecule has 0 aromatic carbocycles. The van der Waals surface area contributed by atoms with E-state index in [0.29, 0.717) is 6.42 Å². The normalized spacial score (nSPS) is 18.0. The molecule has 0 spiro atoms. The van der Waals surface area contributed by atoms with Gasteiger partial charge in [0.15, 0.2) is 5.78 Å². The van der Waals surface area contributed by atoms with Gasteiger partial charge in [-0.25, -0.2) is 0 Å². The summed E-state index contributed by atoms with van der Waals surface area (Å²) in [6, 6.07) is 0. The molecule has 0 saturated carbocycles. The summed E-state index contributed by atoms with van der Waals surface area (Å²) in [5.74, 6) is 0.00926. The Morgan fingerprint density at radius 3 is 3.00 bits per heavy atom. The third kappa shape index (κ3) is 0.961. The Hall–Kier alpha value is -0.920. The Labute approximate surface area is 41.6 Å². The van der Waals surface area contributed by atoms with Gasteiger partial charge in [0, 0.05) is 24.9 Å². The molecule has 2 heteroatoms. The van der Waals surface area contributed by atoms with Gasteiger partial charge in [-0.1, -0.05) is 0 Å². The molecule has 0 N–H and O–H groups in total. The van der Waals surface area contributed by atoms with Crippen molar-refractivity contribution in [3.63, 3.8) is 0 Å². The topological polar surface area (TPSA) is 29.4 Å². The Bertz CT molecular complexity index is 135.